The summed E-state index contributed by atoms with van der Waals surface area (Å²) in [4.78, 5) is 0. The first-order valence-electron chi connectivity index (χ1n) is 6.27. The van der Waals surface area contributed by atoms with Crippen molar-refractivity contribution in [3.8, 4) is 0 Å². The van der Waals surface area contributed by atoms with Crippen LogP contribution in [0, 0.1) is 0 Å². The molecular formula is C12H25NO2. The zero-order chi connectivity index (χ0) is 10.8. The van der Waals surface area contributed by atoms with Crippen LogP contribution >= 0.6 is 0 Å². The molecule has 0 aromatic carbocycles. The monoisotopic (exact) mass is 215 g/mol. The van der Waals surface area contributed by atoms with Gasteiger partial charge in [0.15, 0.2) is 0 Å². The summed E-state index contributed by atoms with van der Waals surface area (Å²) in [6, 6.07) is 0. The quantitative estimate of drug-likeness (QED) is 0.628. The Morgan fingerprint density at radius 1 is 1.27 bits per heavy atom. The third kappa shape index (κ3) is 6.88. The Morgan fingerprint density at radius 2 is 2.20 bits per heavy atom. The lowest BCUT2D eigenvalue weighted by Gasteiger charge is -2.22. The fraction of sp³-hybridized carbons (Fsp3) is 1.00. The van der Waals surface area contributed by atoms with Crippen LogP contribution in [0.15, 0.2) is 0 Å². The molecule has 1 unspecified atom stereocenters. The summed E-state index contributed by atoms with van der Waals surface area (Å²) in [5.41, 5.74) is 0. The van der Waals surface area contributed by atoms with Crippen LogP contribution in [0.5, 0.6) is 0 Å². The zero-order valence-corrected chi connectivity index (χ0v) is 9.96. The van der Waals surface area contributed by atoms with Crippen LogP contribution in [0.25, 0.3) is 0 Å². The second kappa shape index (κ2) is 9.13. The Bertz CT molecular complexity index is 136. The minimum Gasteiger partial charge on any atom is -0.379 e. The van der Waals surface area contributed by atoms with E-state index in [-0.39, 0.29) is 0 Å². The van der Waals surface area contributed by atoms with E-state index in [2.05, 4.69) is 5.32 Å². The van der Waals surface area contributed by atoms with Crippen molar-refractivity contribution in [2.45, 2.75) is 44.6 Å². The first-order valence-corrected chi connectivity index (χ1v) is 6.27. The van der Waals surface area contributed by atoms with Gasteiger partial charge in [-0.15, -0.1) is 0 Å². The molecule has 0 bridgehead atoms. The largest absolute Gasteiger partial charge is 0.379 e. The molecule has 1 atom stereocenters. The SMILES string of the molecule is CNCCCCCOCC1CCCCO1. The van der Waals surface area contributed by atoms with E-state index in [4.69, 9.17) is 9.47 Å². The molecule has 90 valence electrons. The van der Waals surface area contributed by atoms with Crippen molar-refractivity contribution < 1.29 is 9.47 Å². The zero-order valence-electron chi connectivity index (χ0n) is 9.96. The first-order chi connectivity index (χ1) is 7.43. The molecule has 0 aromatic rings. The molecule has 1 aliphatic heterocycles. The second-order valence-electron chi connectivity index (χ2n) is 4.23. The lowest BCUT2D eigenvalue weighted by Crippen LogP contribution is -2.24. The van der Waals surface area contributed by atoms with Crippen molar-refractivity contribution in [2.24, 2.45) is 0 Å². The molecule has 1 heterocycles. The van der Waals surface area contributed by atoms with Gasteiger partial charge in [-0.25, -0.2) is 0 Å². The Morgan fingerprint density at radius 3 is 2.93 bits per heavy atom. The fourth-order valence-corrected chi connectivity index (χ4v) is 1.84. The highest BCUT2D eigenvalue weighted by atomic mass is 16.5. The molecule has 0 aromatic heterocycles. The molecule has 1 fully saturated rings. The molecule has 1 saturated heterocycles. The number of rotatable bonds is 8. The minimum atomic E-state index is 0.371. The average molecular weight is 215 g/mol. The van der Waals surface area contributed by atoms with Crippen LogP contribution in [-0.2, 0) is 9.47 Å². The van der Waals surface area contributed by atoms with Crippen molar-refractivity contribution in [1.29, 1.82) is 0 Å². The summed E-state index contributed by atoms with van der Waals surface area (Å²) < 4.78 is 11.2. The van der Waals surface area contributed by atoms with E-state index in [9.17, 15) is 0 Å². The maximum Gasteiger partial charge on any atom is 0.0808 e. The maximum atomic E-state index is 5.61. The van der Waals surface area contributed by atoms with Crippen LogP contribution in [-0.4, -0.2) is 39.5 Å². The Labute approximate surface area is 93.5 Å². The van der Waals surface area contributed by atoms with Gasteiger partial charge in [-0.2, -0.15) is 0 Å². The molecule has 0 aliphatic carbocycles. The predicted molar refractivity (Wildman–Crippen MR) is 62.2 cm³/mol. The van der Waals surface area contributed by atoms with Crippen LogP contribution in [0.2, 0.25) is 0 Å². The maximum absolute atomic E-state index is 5.61. The van der Waals surface area contributed by atoms with Gasteiger partial charge in [0.2, 0.25) is 0 Å². The van der Waals surface area contributed by atoms with Crippen LogP contribution in [0.4, 0.5) is 0 Å². The Kier molecular flexibility index (Phi) is 7.88. The normalized spacial score (nSPS) is 21.8. The number of unbranched alkanes of at least 4 members (excludes halogenated alkanes) is 2. The van der Waals surface area contributed by atoms with Gasteiger partial charge in [-0.05, 0) is 52.1 Å². The molecule has 15 heavy (non-hydrogen) atoms. The van der Waals surface area contributed by atoms with Gasteiger partial charge in [-0.1, -0.05) is 0 Å². The first kappa shape index (κ1) is 12.9. The van der Waals surface area contributed by atoms with Gasteiger partial charge in [0, 0.05) is 13.2 Å². The van der Waals surface area contributed by atoms with Crippen molar-refractivity contribution in [2.75, 3.05) is 33.4 Å². The molecule has 3 heteroatoms. The number of ether oxygens (including phenoxy) is 2. The molecular weight excluding hydrogens is 190 g/mol. The van der Waals surface area contributed by atoms with Gasteiger partial charge in [0.1, 0.15) is 0 Å². The van der Waals surface area contributed by atoms with Gasteiger partial charge >= 0.3 is 0 Å². The summed E-state index contributed by atoms with van der Waals surface area (Å²) in [7, 11) is 2.00. The molecule has 3 nitrogen and oxygen atoms in total. The van der Waals surface area contributed by atoms with E-state index >= 15 is 0 Å². The molecule has 1 N–H and O–H groups in total. The summed E-state index contributed by atoms with van der Waals surface area (Å²) in [5.74, 6) is 0. The van der Waals surface area contributed by atoms with E-state index in [1.54, 1.807) is 0 Å². The molecule has 1 aliphatic rings. The lowest BCUT2D eigenvalue weighted by atomic mass is 10.1. The molecule has 0 spiro atoms. The summed E-state index contributed by atoms with van der Waals surface area (Å²) in [6.07, 6.45) is 7.76. The molecule has 0 amide bonds. The third-order valence-electron chi connectivity index (χ3n) is 2.79. The topological polar surface area (TPSA) is 30.5 Å². The van der Waals surface area contributed by atoms with Crippen molar-refractivity contribution in [3.05, 3.63) is 0 Å². The van der Waals surface area contributed by atoms with E-state index in [0.717, 1.165) is 26.4 Å². The summed E-state index contributed by atoms with van der Waals surface area (Å²) >= 11 is 0. The second-order valence-corrected chi connectivity index (χ2v) is 4.23. The lowest BCUT2D eigenvalue weighted by molar-refractivity contribution is -0.0411. The van der Waals surface area contributed by atoms with E-state index in [1.165, 1.54) is 38.5 Å². The van der Waals surface area contributed by atoms with Gasteiger partial charge in [-0.3, -0.25) is 0 Å². The smallest absolute Gasteiger partial charge is 0.0808 e. The van der Waals surface area contributed by atoms with Gasteiger partial charge in [0.05, 0.1) is 12.7 Å². The summed E-state index contributed by atoms with van der Waals surface area (Å²) in [6.45, 7) is 3.73. The van der Waals surface area contributed by atoms with Crippen molar-refractivity contribution >= 4 is 0 Å². The Balaban J connectivity index is 1.79. The molecule has 0 radical (unpaired) electrons. The highest BCUT2D eigenvalue weighted by molar-refractivity contribution is 4.62. The van der Waals surface area contributed by atoms with Gasteiger partial charge < -0.3 is 14.8 Å². The minimum absolute atomic E-state index is 0.371. The highest BCUT2D eigenvalue weighted by Gasteiger charge is 2.13. The van der Waals surface area contributed by atoms with Crippen molar-refractivity contribution in [1.82, 2.24) is 5.32 Å². The molecule has 0 saturated carbocycles. The fourth-order valence-electron chi connectivity index (χ4n) is 1.84. The van der Waals surface area contributed by atoms with Crippen LogP contribution in [0.3, 0.4) is 0 Å². The molecule has 1 rings (SSSR count). The summed E-state index contributed by atoms with van der Waals surface area (Å²) in [5, 5.41) is 3.15. The number of hydrogen-bond donors (Lipinski definition) is 1. The van der Waals surface area contributed by atoms with Crippen LogP contribution < -0.4 is 5.32 Å². The van der Waals surface area contributed by atoms with E-state index < -0.39 is 0 Å². The third-order valence-corrected chi connectivity index (χ3v) is 2.79. The number of hydrogen-bond acceptors (Lipinski definition) is 3. The standard InChI is InChI=1S/C12H25NO2/c1-13-8-4-2-5-9-14-11-12-7-3-6-10-15-12/h12-13H,2-11H2,1H3. The van der Waals surface area contributed by atoms with Crippen LogP contribution in [0.1, 0.15) is 38.5 Å². The van der Waals surface area contributed by atoms with E-state index in [0.29, 0.717) is 6.10 Å². The van der Waals surface area contributed by atoms with E-state index in [1.807, 2.05) is 7.05 Å². The Hall–Kier alpha value is -0.120. The highest BCUT2D eigenvalue weighted by Crippen LogP contribution is 2.12. The average Bonchev–Trinajstić information content (AvgIpc) is 2.29. The van der Waals surface area contributed by atoms with Gasteiger partial charge in [0.25, 0.3) is 0 Å². The number of nitrogens with one attached hydrogen (secondary N) is 1. The predicted octanol–water partition coefficient (Wildman–Crippen LogP) is 1.96. The van der Waals surface area contributed by atoms with Crippen molar-refractivity contribution in [3.63, 3.8) is 0 Å².